The van der Waals surface area contributed by atoms with Crippen molar-refractivity contribution < 1.29 is 28.3 Å². The predicted octanol–water partition coefficient (Wildman–Crippen LogP) is 1.26. The number of carbonyl (C=O) groups excluding carboxylic acids is 1. The Morgan fingerprint density at radius 3 is 2.70 bits per heavy atom. The highest BCUT2D eigenvalue weighted by atomic mass is 32.2. The van der Waals surface area contributed by atoms with Crippen LogP contribution in [0.3, 0.4) is 0 Å². The van der Waals surface area contributed by atoms with Crippen molar-refractivity contribution >= 4 is 18.0 Å². The van der Waals surface area contributed by atoms with E-state index in [2.05, 4.69) is 0 Å². The van der Waals surface area contributed by atoms with Crippen molar-refractivity contribution in [1.82, 2.24) is 0 Å². The number of aliphatic hydroxyl groups is 1. The lowest BCUT2D eigenvalue weighted by Gasteiger charge is -2.39. The molecule has 4 atom stereocenters. The average Bonchev–Trinajstić information content (AvgIpc) is 2.64. The van der Waals surface area contributed by atoms with Crippen LogP contribution in [0.1, 0.15) is 33.6 Å². The maximum absolute atomic E-state index is 12.0. The summed E-state index contributed by atoms with van der Waals surface area (Å²) in [6.45, 7) is 5.56. The molecule has 0 aromatic rings. The van der Waals surface area contributed by atoms with Crippen molar-refractivity contribution in [3.63, 3.8) is 0 Å². The quantitative estimate of drug-likeness (QED) is 0.619. The molecule has 1 aliphatic heterocycles. The minimum atomic E-state index is -1.58. The molecule has 0 radical (unpaired) electrons. The molecule has 1 saturated heterocycles. The van der Waals surface area contributed by atoms with E-state index in [0.717, 1.165) is 0 Å². The van der Waals surface area contributed by atoms with Gasteiger partial charge in [0.1, 0.15) is 12.2 Å². The van der Waals surface area contributed by atoms with Crippen LogP contribution in [0.2, 0.25) is 0 Å². The molecule has 1 heterocycles. The summed E-state index contributed by atoms with van der Waals surface area (Å²) in [5.74, 6) is -1.36. The zero-order chi connectivity index (χ0) is 15.0. The molecule has 2 rings (SSSR count). The summed E-state index contributed by atoms with van der Waals surface area (Å²) >= 11 is 1.18. The van der Waals surface area contributed by atoms with Gasteiger partial charge in [-0.15, -0.1) is 0 Å². The highest BCUT2D eigenvalue weighted by molar-refractivity contribution is 7.93. The zero-order valence-corrected chi connectivity index (χ0v) is 13.1. The molecular formula is C13H22O6S. The molecule has 2 fully saturated rings. The van der Waals surface area contributed by atoms with Gasteiger partial charge in [-0.1, -0.05) is 0 Å². The first kappa shape index (κ1) is 16.0. The van der Waals surface area contributed by atoms with E-state index in [1.165, 1.54) is 12.0 Å². The van der Waals surface area contributed by atoms with E-state index in [9.17, 15) is 9.90 Å². The minimum Gasteiger partial charge on any atom is -0.464 e. The topological polar surface area (TPSA) is 74.2 Å². The Morgan fingerprint density at radius 2 is 2.10 bits per heavy atom. The summed E-state index contributed by atoms with van der Waals surface area (Å²) in [6, 6.07) is 0. The van der Waals surface area contributed by atoms with Crippen LogP contribution in [0.4, 0.5) is 0 Å². The Labute approximate surface area is 123 Å². The van der Waals surface area contributed by atoms with E-state index in [-0.39, 0.29) is 31.7 Å². The number of carbonyl (C=O) groups is 1. The summed E-state index contributed by atoms with van der Waals surface area (Å²) < 4.78 is 22.1. The lowest BCUT2D eigenvalue weighted by molar-refractivity contribution is -0.179. The monoisotopic (exact) mass is 306 g/mol. The predicted molar refractivity (Wildman–Crippen MR) is 73.0 cm³/mol. The second kappa shape index (κ2) is 5.81. The lowest BCUT2D eigenvalue weighted by Crippen LogP contribution is -2.55. The first-order valence-electron chi connectivity index (χ1n) is 6.76. The second-order valence-corrected chi connectivity index (χ2v) is 6.13. The summed E-state index contributed by atoms with van der Waals surface area (Å²) in [7, 11) is 0. The molecule has 4 unspecified atom stereocenters. The van der Waals surface area contributed by atoms with Crippen LogP contribution in [0.5, 0.6) is 0 Å². The van der Waals surface area contributed by atoms with Crippen molar-refractivity contribution in [2.24, 2.45) is 0 Å². The third kappa shape index (κ3) is 3.12. The maximum atomic E-state index is 12.0. The number of esters is 1. The van der Waals surface area contributed by atoms with Gasteiger partial charge in [-0.3, -0.25) is 0 Å². The number of hydrogen-bond acceptors (Lipinski definition) is 7. The second-order valence-electron chi connectivity index (χ2n) is 5.60. The van der Waals surface area contributed by atoms with Crippen LogP contribution in [0.15, 0.2) is 0 Å². The molecule has 116 valence electrons. The lowest BCUT2D eigenvalue weighted by atomic mass is 9.80. The fourth-order valence-electron chi connectivity index (χ4n) is 2.85. The van der Waals surface area contributed by atoms with Crippen molar-refractivity contribution in [2.45, 2.75) is 63.3 Å². The molecule has 0 aromatic carbocycles. The van der Waals surface area contributed by atoms with Crippen molar-refractivity contribution in [1.29, 1.82) is 0 Å². The van der Waals surface area contributed by atoms with Crippen molar-refractivity contribution in [3.05, 3.63) is 0 Å². The molecule has 0 aromatic heterocycles. The fourth-order valence-corrected chi connectivity index (χ4v) is 3.27. The number of fused-ring (bicyclic) bond motifs is 1. The van der Waals surface area contributed by atoms with Crippen molar-refractivity contribution in [3.8, 4) is 0 Å². The normalized spacial score (nSPS) is 39.4. The van der Waals surface area contributed by atoms with Crippen LogP contribution >= 0.6 is 12.0 Å². The standard InChI is InChI=1S/C13H22O6S/c1-5-16-11(14)13(15)6-8-10(9(7-13)19-20-4)18-12(2,3)17-8/h8-10,15H,5-7H2,1-4H3. The molecule has 7 heteroatoms. The molecule has 0 amide bonds. The van der Waals surface area contributed by atoms with Crippen LogP contribution in [0, 0.1) is 0 Å². The number of rotatable bonds is 4. The van der Waals surface area contributed by atoms with E-state index in [0.29, 0.717) is 0 Å². The molecule has 1 saturated carbocycles. The van der Waals surface area contributed by atoms with Crippen LogP contribution in [0.25, 0.3) is 0 Å². The summed E-state index contributed by atoms with van der Waals surface area (Å²) in [6.07, 6.45) is 1.01. The first-order valence-corrected chi connectivity index (χ1v) is 7.91. The van der Waals surface area contributed by atoms with Gasteiger partial charge < -0.3 is 23.5 Å². The van der Waals surface area contributed by atoms with Gasteiger partial charge in [0.2, 0.25) is 0 Å². The van der Waals surface area contributed by atoms with Gasteiger partial charge in [-0.2, -0.15) is 0 Å². The Balaban J connectivity index is 2.18. The summed E-state index contributed by atoms with van der Waals surface area (Å²) in [5, 5.41) is 10.6. The molecule has 0 bridgehead atoms. The Kier molecular flexibility index (Phi) is 4.66. The molecule has 2 aliphatic rings. The third-order valence-electron chi connectivity index (χ3n) is 3.54. The van der Waals surface area contributed by atoms with Crippen LogP contribution < -0.4 is 0 Å². The maximum Gasteiger partial charge on any atom is 0.338 e. The van der Waals surface area contributed by atoms with E-state index >= 15 is 0 Å². The molecule has 6 nitrogen and oxygen atoms in total. The minimum absolute atomic E-state index is 0.146. The van der Waals surface area contributed by atoms with E-state index in [4.69, 9.17) is 18.4 Å². The molecular weight excluding hydrogens is 284 g/mol. The number of hydrogen-bond donors (Lipinski definition) is 1. The van der Waals surface area contributed by atoms with Gasteiger partial charge in [-0.05, 0) is 32.8 Å². The SMILES string of the molecule is CCOC(=O)C1(O)CC(OSC)C2OC(C)(C)OC2C1. The van der Waals surface area contributed by atoms with Gasteiger partial charge in [0, 0.05) is 19.1 Å². The van der Waals surface area contributed by atoms with Crippen LogP contribution in [-0.2, 0) is 23.2 Å². The van der Waals surface area contributed by atoms with Gasteiger partial charge in [0.15, 0.2) is 11.4 Å². The largest absolute Gasteiger partial charge is 0.464 e. The highest BCUT2D eigenvalue weighted by Crippen LogP contribution is 2.43. The van der Waals surface area contributed by atoms with E-state index in [1.807, 2.05) is 13.8 Å². The summed E-state index contributed by atoms with van der Waals surface area (Å²) in [4.78, 5) is 12.0. The Hall–Kier alpha value is -0.340. The molecule has 1 aliphatic carbocycles. The van der Waals surface area contributed by atoms with Crippen molar-refractivity contribution in [2.75, 3.05) is 12.9 Å². The van der Waals surface area contributed by atoms with Crippen LogP contribution in [-0.4, -0.2) is 53.6 Å². The summed E-state index contributed by atoms with van der Waals surface area (Å²) in [5.41, 5.74) is -1.58. The highest BCUT2D eigenvalue weighted by Gasteiger charge is 2.57. The fraction of sp³-hybridized carbons (Fsp3) is 0.923. The smallest absolute Gasteiger partial charge is 0.338 e. The first-order chi connectivity index (χ1) is 9.31. The Bertz CT molecular complexity index is 374. The zero-order valence-electron chi connectivity index (χ0n) is 12.3. The third-order valence-corrected chi connectivity index (χ3v) is 3.98. The van der Waals surface area contributed by atoms with E-state index in [1.54, 1.807) is 13.2 Å². The van der Waals surface area contributed by atoms with Gasteiger partial charge in [0.25, 0.3) is 0 Å². The van der Waals surface area contributed by atoms with Gasteiger partial charge in [0.05, 0.1) is 12.7 Å². The van der Waals surface area contributed by atoms with E-state index < -0.39 is 23.5 Å². The molecule has 1 N–H and O–H groups in total. The number of ether oxygens (including phenoxy) is 3. The van der Waals surface area contributed by atoms with Gasteiger partial charge in [-0.25, -0.2) is 4.79 Å². The Morgan fingerprint density at radius 1 is 1.40 bits per heavy atom. The molecule has 20 heavy (non-hydrogen) atoms. The average molecular weight is 306 g/mol. The molecule has 0 spiro atoms. The van der Waals surface area contributed by atoms with Gasteiger partial charge >= 0.3 is 5.97 Å².